The Bertz CT molecular complexity index is 462. The first-order chi connectivity index (χ1) is 9.10. The molecule has 1 aromatic rings. The molecule has 0 aliphatic carbocycles. The van der Waals surface area contributed by atoms with Crippen molar-refractivity contribution in [3.63, 3.8) is 0 Å². The number of pyridine rings is 1. The molecule has 1 unspecified atom stereocenters. The van der Waals surface area contributed by atoms with Gasteiger partial charge in [0.2, 0.25) is 0 Å². The van der Waals surface area contributed by atoms with Crippen molar-refractivity contribution in [1.82, 2.24) is 4.98 Å². The van der Waals surface area contributed by atoms with Crippen molar-refractivity contribution in [2.75, 3.05) is 31.7 Å². The highest BCUT2D eigenvalue weighted by Crippen LogP contribution is 2.23. The Morgan fingerprint density at radius 1 is 1.58 bits per heavy atom. The van der Waals surface area contributed by atoms with E-state index in [0.29, 0.717) is 10.9 Å². The molecule has 1 atom stereocenters. The van der Waals surface area contributed by atoms with Crippen molar-refractivity contribution in [2.45, 2.75) is 19.8 Å². The topological polar surface area (TPSA) is 51.4 Å². The van der Waals surface area contributed by atoms with Gasteiger partial charge in [-0.1, -0.05) is 12.2 Å². The summed E-state index contributed by atoms with van der Waals surface area (Å²) in [5.74, 6) is 1.55. The summed E-state index contributed by atoms with van der Waals surface area (Å²) in [6.07, 6.45) is 2.39. The first-order valence-electron chi connectivity index (χ1n) is 6.62. The largest absolute Gasteiger partial charge is 0.389 e. The molecule has 2 N–H and O–H groups in total. The summed E-state index contributed by atoms with van der Waals surface area (Å²) in [5.41, 5.74) is 7.57. The Morgan fingerprint density at radius 3 is 3.05 bits per heavy atom. The fraction of sp³-hybridized carbons (Fsp3) is 0.571. The Hall–Kier alpha value is -1.20. The number of aromatic nitrogens is 1. The van der Waals surface area contributed by atoms with E-state index in [-0.39, 0.29) is 0 Å². The summed E-state index contributed by atoms with van der Waals surface area (Å²) in [4.78, 5) is 7.34. The van der Waals surface area contributed by atoms with Crippen LogP contribution in [0.4, 0.5) is 5.82 Å². The number of nitrogens with zero attached hydrogens (tertiary/aromatic N) is 2. The SMILES string of the molecule is COCC1CCCN(c2cc(C(N)=S)cc(C)n2)C1. The van der Waals surface area contributed by atoms with Gasteiger partial charge in [0.05, 0.1) is 6.61 Å². The van der Waals surface area contributed by atoms with Gasteiger partial charge in [0.1, 0.15) is 10.8 Å². The molecule has 0 amide bonds. The molecule has 5 heteroatoms. The number of hydrogen-bond acceptors (Lipinski definition) is 4. The third-order valence-electron chi connectivity index (χ3n) is 3.47. The summed E-state index contributed by atoms with van der Waals surface area (Å²) in [5, 5.41) is 0. The minimum absolute atomic E-state index is 0.428. The van der Waals surface area contributed by atoms with Crippen molar-refractivity contribution < 1.29 is 4.74 Å². The van der Waals surface area contributed by atoms with Crippen LogP contribution < -0.4 is 10.6 Å². The lowest BCUT2D eigenvalue weighted by Gasteiger charge is -2.33. The number of hydrogen-bond donors (Lipinski definition) is 1. The highest BCUT2D eigenvalue weighted by Gasteiger charge is 2.21. The summed E-state index contributed by atoms with van der Waals surface area (Å²) in [6.45, 7) is 4.81. The van der Waals surface area contributed by atoms with Gasteiger partial charge >= 0.3 is 0 Å². The van der Waals surface area contributed by atoms with Crippen LogP contribution in [0.3, 0.4) is 0 Å². The molecule has 0 bridgehead atoms. The molecular formula is C14H21N3OS. The standard InChI is InChI=1S/C14H21N3OS/c1-10-6-12(14(15)19)7-13(16-10)17-5-3-4-11(8-17)9-18-2/h6-7,11H,3-5,8-9H2,1-2H3,(H2,15,19). The van der Waals surface area contributed by atoms with Crippen LogP contribution in [-0.4, -0.2) is 36.8 Å². The van der Waals surface area contributed by atoms with Crippen LogP contribution in [-0.2, 0) is 4.74 Å². The van der Waals surface area contributed by atoms with Gasteiger partial charge in [-0.2, -0.15) is 0 Å². The van der Waals surface area contributed by atoms with Gasteiger partial charge in [-0.05, 0) is 37.8 Å². The Balaban J connectivity index is 2.18. The Kier molecular flexibility index (Phi) is 4.71. The van der Waals surface area contributed by atoms with E-state index in [4.69, 9.17) is 22.7 Å². The molecule has 1 fully saturated rings. The number of methoxy groups -OCH3 is 1. The van der Waals surface area contributed by atoms with Gasteiger partial charge in [0, 0.05) is 31.5 Å². The average Bonchev–Trinajstić information content (AvgIpc) is 2.38. The van der Waals surface area contributed by atoms with E-state index in [1.807, 2.05) is 19.1 Å². The Labute approximate surface area is 120 Å². The summed E-state index contributed by atoms with van der Waals surface area (Å²) in [6, 6.07) is 3.92. The fourth-order valence-corrected chi connectivity index (χ4v) is 2.72. The predicted octanol–water partition coefficient (Wildman–Crippen LogP) is 1.89. The zero-order valence-electron chi connectivity index (χ0n) is 11.6. The van der Waals surface area contributed by atoms with Gasteiger partial charge in [0.15, 0.2) is 0 Å². The zero-order chi connectivity index (χ0) is 13.8. The van der Waals surface area contributed by atoms with Crippen LogP contribution in [0, 0.1) is 12.8 Å². The van der Waals surface area contributed by atoms with E-state index in [1.165, 1.54) is 12.8 Å². The lowest BCUT2D eigenvalue weighted by Crippen LogP contribution is -2.37. The molecule has 104 valence electrons. The second kappa shape index (κ2) is 6.30. The Morgan fingerprint density at radius 2 is 2.37 bits per heavy atom. The number of anilines is 1. The zero-order valence-corrected chi connectivity index (χ0v) is 12.4. The molecule has 1 saturated heterocycles. The maximum Gasteiger partial charge on any atom is 0.129 e. The minimum atomic E-state index is 0.428. The number of piperidine rings is 1. The monoisotopic (exact) mass is 279 g/mol. The molecule has 1 aliphatic rings. The number of nitrogens with two attached hydrogens (primary N) is 1. The second-order valence-corrected chi connectivity index (χ2v) is 5.57. The molecule has 4 nitrogen and oxygen atoms in total. The fourth-order valence-electron chi connectivity index (χ4n) is 2.60. The van der Waals surface area contributed by atoms with Crippen molar-refractivity contribution in [3.8, 4) is 0 Å². The van der Waals surface area contributed by atoms with E-state index in [9.17, 15) is 0 Å². The van der Waals surface area contributed by atoms with Gasteiger partial charge < -0.3 is 15.4 Å². The molecule has 1 aliphatic heterocycles. The maximum absolute atomic E-state index is 5.72. The molecular weight excluding hydrogens is 258 g/mol. The lowest BCUT2D eigenvalue weighted by molar-refractivity contribution is 0.143. The molecule has 0 saturated carbocycles. The van der Waals surface area contributed by atoms with Crippen LogP contribution in [0.1, 0.15) is 24.1 Å². The van der Waals surface area contributed by atoms with E-state index in [1.54, 1.807) is 7.11 Å². The number of aryl methyl sites for hydroxylation is 1. The molecule has 0 aromatic carbocycles. The number of ether oxygens (including phenoxy) is 1. The third-order valence-corrected chi connectivity index (χ3v) is 3.71. The van der Waals surface area contributed by atoms with Crippen LogP contribution in [0.5, 0.6) is 0 Å². The quantitative estimate of drug-likeness (QED) is 0.853. The van der Waals surface area contributed by atoms with Gasteiger partial charge in [-0.3, -0.25) is 0 Å². The average molecular weight is 279 g/mol. The molecule has 0 radical (unpaired) electrons. The molecule has 2 heterocycles. The first kappa shape index (κ1) is 14.2. The second-order valence-electron chi connectivity index (χ2n) is 5.13. The van der Waals surface area contributed by atoms with E-state index in [0.717, 1.165) is 36.8 Å². The van der Waals surface area contributed by atoms with Crippen LogP contribution in [0.2, 0.25) is 0 Å². The number of thiocarbonyl (C=S) groups is 1. The van der Waals surface area contributed by atoms with Crippen molar-refractivity contribution in [2.24, 2.45) is 11.7 Å². The van der Waals surface area contributed by atoms with Gasteiger partial charge in [0.25, 0.3) is 0 Å². The highest BCUT2D eigenvalue weighted by atomic mass is 32.1. The lowest BCUT2D eigenvalue weighted by atomic mass is 9.99. The van der Waals surface area contributed by atoms with Crippen molar-refractivity contribution in [3.05, 3.63) is 23.4 Å². The highest BCUT2D eigenvalue weighted by molar-refractivity contribution is 7.80. The number of rotatable bonds is 4. The normalized spacial score (nSPS) is 19.5. The first-order valence-corrected chi connectivity index (χ1v) is 7.03. The maximum atomic E-state index is 5.72. The van der Waals surface area contributed by atoms with E-state index < -0.39 is 0 Å². The molecule has 2 rings (SSSR count). The summed E-state index contributed by atoms with van der Waals surface area (Å²) < 4.78 is 5.26. The third kappa shape index (κ3) is 3.64. The summed E-state index contributed by atoms with van der Waals surface area (Å²) >= 11 is 5.06. The predicted molar refractivity (Wildman–Crippen MR) is 81.7 cm³/mol. The van der Waals surface area contributed by atoms with Crippen molar-refractivity contribution >= 4 is 23.0 Å². The van der Waals surface area contributed by atoms with Crippen LogP contribution >= 0.6 is 12.2 Å². The molecule has 1 aromatic heterocycles. The van der Waals surface area contributed by atoms with E-state index >= 15 is 0 Å². The van der Waals surface area contributed by atoms with E-state index in [2.05, 4.69) is 9.88 Å². The molecule has 0 spiro atoms. The smallest absolute Gasteiger partial charge is 0.129 e. The van der Waals surface area contributed by atoms with Gasteiger partial charge in [-0.25, -0.2) is 4.98 Å². The summed E-state index contributed by atoms with van der Waals surface area (Å²) in [7, 11) is 1.76. The van der Waals surface area contributed by atoms with Crippen molar-refractivity contribution in [1.29, 1.82) is 0 Å². The van der Waals surface area contributed by atoms with Gasteiger partial charge in [-0.15, -0.1) is 0 Å². The van der Waals surface area contributed by atoms with Crippen LogP contribution in [0.15, 0.2) is 12.1 Å². The molecule has 19 heavy (non-hydrogen) atoms. The minimum Gasteiger partial charge on any atom is -0.389 e. The van der Waals surface area contributed by atoms with Crippen LogP contribution in [0.25, 0.3) is 0 Å².